The molecule has 0 spiro atoms. The monoisotopic (exact) mass is 290 g/mol. The maximum atomic E-state index is 11.0. The second-order valence-electron chi connectivity index (χ2n) is 4.79. The quantitative estimate of drug-likeness (QED) is 0.737. The third-order valence-corrected chi connectivity index (χ3v) is 3.00. The van der Waals surface area contributed by atoms with Crippen LogP contribution in [0.4, 0.5) is 5.69 Å². The minimum absolute atomic E-state index is 0.0941. The van der Waals surface area contributed by atoms with E-state index >= 15 is 0 Å². The maximum Gasteiger partial charge on any atom is 0.221 e. The zero-order valence-electron chi connectivity index (χ0n) is 12.1. The van der Waals surface area contributed by atoms with E-state index in [1.165, 1.54) is 6.92 Å². The van der Waals surface area contributed by atoms with Crippen molar-refractivity contribution in [2.75, 3.05) is 5.32 Å². The minimum Gasteiger partial charge on any atom is -0.326 e. The van der Waals surface area contributed by atoms with E-state index in [1.54, 1.807) is 10.7 Å². The summed E-state index contributed by atoms with van der Waals surface area (Å²) >= 11 is 0. The first-order valence-electron chi connectivity index (χ1n) is 6.86. The number of aromatic nitrogens is 3. The Morgan fingerprint density at radius 3 is 3.09 bits per heavy atom. The zero-order chi connectivity index (χ0) is 15.4. The molecule has 0 atom stereocenters. The Bertz CT molecular complexity index is 886. The van der Waals surface area contributed by atoms with Gasteiger partial charge in [-0.05, 0) is 24.3 Å². The number of carbonyl (C=O) groups is 1. The lowest BCUT2D eigenvalue weighted by atomic mass is 10.2. The van der Waals surface area contributed by atoms with Crippen molar-refractivity contribution in [2.24, 2.45) is 0 Å². The van der Waals surface area contributed by atoms with Gasteiger partial charge in [0.05, 0.1) is 18.3 Å². The van der Waals surface area contributed by atoms with Gasteiger partial charge in [0.1, 0.15) is 0 Å². The lowest BCUT2D eigenvalue weighted by molar-refractivity contribution is -0.114. The van der Waals surface area contributed by atoms with Gasteiger partial charge in [0.2, 0.25) is 5.91 Å². The fraction of sp³-hybridized carbons (Fsp3) is 0.118. The standard InChI is InChI=1S/C17H14N4O/c1-13(22)19-16-7-3-5-14(12-16)4-2-6-15-9-11-21-17(20-15)8-10-18-21/h3,5,7-12H,6H2,1H3,(H,19,22). The van der Waals surface area contributed by atoms with Crippen LogP contribution in [0.5, 0.6) is 0 Å². The molecule has 0 aliphatic heterocycles. The average Bonchev–Trinajstić information content (AvgIpc) is 2.94. The van der Waals surface area contributed by atoms with E-state index in [2.05, 4.69) is 27.2 Å². The van der Waals surface area contributed by atoms with Crippen molar-refractivity contribution in [2.45, 2.75) is 13.3 Å². The van der Waals surface area contributed by atoms with Crippen LogP contribution in [0.15, 0.2) is 48.8 Å². The first-order chi connectivity index (χ1) is 10.7. The highest BCUT2D eigenvalue weighted by atomic mass is 16.1. The molecular weight excluding hydrogens is 276 g/mol. The highest BCUT2D eigenvalue weighted by molar-refractivity contribution is 5.88. The van der Waals surface area contributed by atoms with Gasteiger partial charge in [0, 0.05) is 30.4 Å². The molecule has 3 aromatic rings. The van der Waals surface area contributed by atoms with Gasteiger partial charge in [-0.3, -0.25) is 4.79 Å². The predicted octanol–water partition coefficient (Wildman–Crippen LogP) is 2.28. The molecule has 0 unspecified atom stereocenters. The number of anilines is 1. The van der Waals surface area contributed by atoms with E-state index in [9.17, 15) is 4.79 Å². The van der Waals surface area contributed by atoms with Crippen molar-refractivity contribution in [1.29, 1.82) is 0 Å². The Morgan fingerprint density at radius 1 is 1.32 bits per heavy atom. The fourth-order valence-electron chi connectivity index (χ4n) is 2.06. The lowest BCUT2D eigenvalue weighted by Crippen LogP contribution is -2.05. The summed E-state index contributed by atoms with van der Waals surface area (Å²) in [5, 5.41) is 6.85. The molecule has 22 heavy (non-hydrogen) atoms. The van der Waals surface area contributed by atoms with Crippen LogP contribution >= 0.6 is 0 Å². The summed E-state index contributed by atoms with van der Waals surface area (Å²) in [4.78, 5) is 15.5. The summed E-state index contributed by atoms with van der Waals surface area (Å²) < 4.78 is 1.72. The lowest BCUT2D eigenvalue weighted by Gasteiger charge is -2.01. The third-order valence-electron chi connectivity index (χ3n) is 3.00. The third kappa shape index (κ3) is 3.30. The first-order valence-corrected chi connectivity index (χ1v) is 6.86. The molecule has 0 bridgehead atoms. The van der Waals surface area contributed by atoms with Crippen LogP contribution in [0, 0.1) is 11.8 Å². The zero-order valence-corrected chi connectivity index (χ0v) is 12.1. The summed E-state index contributed by atoms with van der Waals surface area (Å²) in [5.41, 5.74) is 3.32. The van der Waals surface area contributed by atoms with Crippen LogP contribution in [-0.2, 0) is 11.2 Å². The number of hydrogen-bond acceptors (Lipinski definition) is 3. The van der Waals surface area contributed by atoms with Gasteiger partial charge in [0.15, 0.2) is 5.65 Å². The number of carbonyl (C=O) groups excluding carboxylic acids is 1. The molecule has 3 rings (SSSR count). The molecule has 1 amide bonds. The maximum absolute atomic E-state index is 11.0. The number of rotatable bonds is 2. The van der Waals surface area contributed by atoms with Gasteiger partial charge in [-0.2, -0.15) is 5.10 Å². The van der Waals surface area contributed by atoms with Crippen molar-refractivity contribution in [3.8, 4) is 11.8 Å². The normalized spacial score (nSPS) is 10.0. The van der Waals surface area contributed by atoms with Crippen molar-refractivity contribution in [3.05, 3.63) is 60.0 Å². The molecule has 0 radical (unpaired) electrons. The molecule has 0 saturated heterocycles. The number of hydrogen-bond donors (Lipinski definition) is 1. The van der Waals surface area contributed by atoms with Crippen molar-refractivity contribution >= 4 is 17.2 Å². The molecule has 0 fully saturated rings. The Morgan fingerprint density at radius 2 is 2.23 bits per heavy atom. The van der Waals surface area contributed by atoms with Crippen molar-refractivity contribution < 1.29 is 4.79 Å². The van der Waals surface area contributed by atoms with Gasteiger partial charge in [0.25, 0.3) is 0 Å². The topological polar surface area (TPSA) is 59.3 Å². The van der Waals surface area contributed by atoms with Gasteiger partial charge >= 0.3 is 0 Å². The van der Waals surface area contributed by atoms with E-state index in [-0.39, 0.29) is 5.91 Å². The van der Waals surface area contributed by atoms with Gasteiger partial charge in [-0.15, -0.1) is 0 Å². The molecule has 1 N–H and O–H groups in total. The van der Waals surface area contributed by atoms with Crippen molar-refractivity contribution in [3.63, 3.8) is 0 Å². The minimum atomic E-state index is -0.0941. The summed E-state index contributed by atoms with van der Waals surface area (Å²) in [5.74, 6) is 6.09. The Labute approximate surface area is 128 Å². The van der Waals surface area contributed by atoms with Crippen LogP contribution in [-0.4, -0.2) is 20.5 Å². The second kappa shape index (κ2) is 6.10. The van der Waals surface area contributed by atoms with E-state index in [0.29, 0.717) is 6.42 Å². The highest BCUT2D eigenvalue weighted by Gasteiger charge is 1.97. The number of nitrogens with zero attached hydrogens (tertiary/aromatic N) is 3. The van der Waals surface area contributed by atoms with E-state index in [4.69, 9.17) is 0 Å². The number of amides is 1. The van der Waals surface area contributed by atoms with Crippen LogP contribution in [0.3, 0.4) is 0 Å². The smallest absolute Gasteiger partial charge is 0.221 e. The second-order valence-corrected chi connectivity index (χ2v) is 4.79. The van der Waals surface area contributed by atoms with Gasteiger partial charge in [-0.1, -0.05) is 17.9 Å². The van der Waals surface area contributed by atoms with E-state index in [1.807, 2.05) is 42.6 Å². The molecule has 2 aromatic heterocycles. The highest BCUT2D eigenvalue weighted by Crippen LogP contribution is 2.09. The van der Waals surface area contributed by atoms with Crippen LogP contribution in [0.2, 0.25) is 0 Å². The fourth-order valence-corrected chi connectivity index (χ4v) is 2.06. The Hall–Kier alpha value is -3.13. The molecule has 1 aromatic carbocycles. The summed E-state index contributed by atoms with van der Waals surface area (Å²) in [7, 11) is 0. The largest absolute Gasteiger partial charge is 0.326 e. The molecule has 5 heteroatoms. The summed E-state index contributed by atoms with van der Waals surface area (Å²) in [6.07, 6.45) is 4.15. The average molecular weight is 290 g/mol. The first kappa shape index (κ1) is 13.8. The van der Waals surface area contributed by atoms with Crippen LogP contribution in [0.1, 0.15) is 18.2 Å². The molecule has 108 valence electrons. The molecule has 2 heterocycles. The SMILES string of the molecule is CC(=O)Nc1cccc(C#CCc2ccn3nccc3n2)c1. The summed E-state index contributed by atoms with van der Waals surface area (Å²) in [6, 6.07) is 11.2. The number of benzene rings is 1. The summed E-state index contributed by atoms with van der Waals surface area (Å²) in [6.45, 7) is 1.48. The molecule has 5 nitrogen and oxygen atoms in total. The Kier molecular flexibility index (Phi) is 3.84. The van der Waals surface area contributed by atoms with E-state index in [0.717, 1.165) is 22.6 Å². The molecular formula is C17H14N4O. The van der Waals surface area contributed by atoms with Gasteiger partial charge in [-0.25, -0.2) is 9.50 Å². The predicted molar refractivity (Wildman–Crippen MR) is 84.3 cm³/mol. The Balaban J connectivity index is 1.73. The molecule has 0 aliphatic carbocycles. The number of fused-ring (bicyclic) bond motifs is 1. The van der Waals surface area contributed by atoms with Crippen LogP contribution < -0.4 is 5.32 Å². The molecule has 0 saturated carbocycles. The van der Waals surface area contributed by atoms with E-state index < -0.39 is 0 Å². The van der Waals surface area contributed by atoms with Gasteiger partial charge < -0.3 is 5.32 Å². The van der Waals surface area contributed by atoms with Crippen molar-refractivity contribution in [1.82, 2.24) is 14.6 Å². The number of nitrogens with one attached hydrogen (secondary N) is 1. The molecule has 0 aliphatic rings. The van der Waals surface area contributed by atoms with Crippen LogP contribution in [0.25, 0.3) is 5.65 Å².